The fourth-order valence-corrected chi connectivity index (χ4v) is 3.25. The number of hydrogen-bond donors (Lipinski definition) is 1. The highest BCUT2D eigenvalue weighted by atomic mass is 79.9. The van der Waals surface area contributed by atoms with Gasteiger partial charge in [0.25, 0.3) is 0 Å². The van der Waals surface area contributed by atoms with E-state index in [2.05, 4.69) is 15.9 Å². The van der Waals surface area contributed by atoms with Crippen LogP contribution in [-0.4, -0.2) is 9.38 Å². The van der Waals surface area contributed by atoms with Crippen molar-refractivity contribution in [3.05, 3.63) is 28.5 Å². The third-order valence-corrected chi connectivity index (χ3v) is 4.36. The van der Waals surface area contributed by atoms with Gasteiger partial charge in [-0.05, 0) is 40.9 Å². The van der Waals surface area contributed by atoms with Crippen LogP contribution < -0.4 is 5.73 Å². The van der Waals surface area contributed by atoms with E-state index < -0.39 is 0 Å². The lowest BCUT2D eigenvalue weighted by atomic mass is 9.97. The second kappa shape index (κ2) is 4.92. The van der Waals surface area contributed by atoms with Crippen LogP contribution in [0.15, 0.2) is 22.8 Å². The van der Waals surface area contributed by atoms with E-state index in [1.54, 1.807) is 0 Å². The Morgan fingerprint density at radius 2 is 1.89 bits per heavy atom. The highest BCUT2D eigenvalue weighted by Crippen LogP contribution is 2.34. The highest BCUT2D eigenvalue weighted by Gasteiger charge is 2.21. The molecular weight excluding hydrogens is 290 g/mol. The van der Waals surface area contributed by atoms with Gasteiger partial charge in [0.2, 0.25) is 0 Å². The number of nitrogens with zero attached hydrogens (tertiary/aromatic N) is 2. The summed E-state index contributed by atoms with van der Waals surface area (Å²) in [6, 6.07) is 4.03. The number of anilines is 1. The summed E-state index contributed by atoms with van der Waals surface area (Å²) in [5, 5.41) is 0. The molecule has 0 aliphatic heterocycles. The van der Waals surface area contributed by atoms with Gasteiger partial charge in [0.1, 0.15) is 11.5 Å². The second-order valence-corrected chi connectivity index (χ2v) is 6.06. The fourth-order valence-electron chi connectivity index (χ4n) is 2.91. The van der Waals surface area contributed by atoms with Gasteiger partial charge < -0.3 is 5.73 Å². The third-order valence-electron chi connectivity index (χ3n) is 3.89. The molecule has 2 heterocycles. The third kappa shape index (κ3) is 2.14. The molecule has 1 aliphatic carbocycles. The smallest absolute Gasteiger partial charge is 0.138 e. The minimum Gasteiger partial charge on any atom is -0.383 e. The van der Waals surface area contributed by atoms with Gasteiger partial charge in [-0.3, -0.25) is 4.40 Å². The average molecular weight is 308 g/mol. The number of fused-ring (bicyclic) bond motifs is 1. The van der Waals surface area contributed by atoms with E-state index in [-0.39, 0.29) is 0 Å². The first-order chi connectivity index (χ1) is 8.75. The van der Waals surface area contributed by atoms with Crippen molar-refractivity contribution in [1.82, 2.24) is 9.38 Å². The first-order valence-electron chi connectivity index (χ1n) is 6.68. The summed E-state index contributed by atoms with van der Waals surface area (Å²) < 4.78 is 3.02. The number of imidazole rings is 1. The van der Waals surface area contributed by atoms with Gasteiger partial charge in [-0.2, -0.15) is 0 Å². The van der Waals surface area contributed by atoms with Crippen LogP contribution in [0.25, 0.3) is 5.65 Å². The van der Waals surface area contributed by atoms with Crippen LogP contribution in [0.5, 0.6) is 0 Å². The Bertz CT molecular complexity index is 553. The standard InChI is InChI=1S/C14H18BrN3/c15-11-7-8-12-17-13(14(16)18(12)9-11)10-5-3-1-2-4-6-10/h7-10H,1-6,16H2. The van der Waals surface area contributed by atoms with Crippen LogP contribution in [0.2, 0.25) is 0 Å². The monoisotopic (exact) mass is 307 g/mol. The molecule has 0 radical (unpaired) electrons. The number of nitrogen functional groups attached to an aromatic ring is 1. The molecule has 3 nitrogen and oxygen atoms in total. The summed E-state index contributed by atoms with van der Waals surface area (Å²) in [4.78, 5) is 4.74. The number of rotatable bonds is 1. The SMILES string of the molecule is Nc1c(C2CCCCCC2)nc2ccc(Br)cn12. The van der Waals surface area contributed by atoms with Crippen molar-refractivity contribution in [2.75, 3.05) is 5.73 Å². The molecule has 4 heteroatoms. The number of hydrogen-bond acceptors (Lipinski definition) is 2. The number of pyridine rings is 1. The quantitative estimate of drug-likeness (QED) is 0.805. The van der Waals surface area contributed by atoms with Crippen molar-refractivity contribution in [1.29, 1.82) is 0 Å². The summed E-state index contributed by atoms with van der Waals surface area (Å²) in [6.07, 6.45) is 9.79. The van der Waals surface area contributed by atoms with Crippen molar-refractivity contribution >= 4 is 27.4 Å². The van der Waals surface area contributed by atoms with Crippen LogP contribution >= 0.6 is 15.9 Å². The lowest BCUT2D eigenvalue weighted by Crippen LogP contribution is -2.02. The zero-order valence-corrected chi connectivity index (χ0v) is 12.0. The van der Waals surface area contributed by atoms with Crippen molar-refractivity contribution in [3.63, 3.8) is 0 Å². The van der Waals surface area contributed by atoms with Crippen LogP contribution in [0.3, 0.4) is 0 Å². The Hall–Kier alpha value is -1.03. The Morgan fingerprint density at radius 3 is 2.61 bits per heavy atom. The minimum absolute atomic E-state index is 0.547. The molecule has 18 heavy (non-hydrogen) atoms. The molecule has 0 spiro atoms. The second-order valence-electron chi connectivity index (χ2n) is 5.15. The van der Waals surface area contributed by atoms with E-state index in [0.29, 0.717) is 5.92 Å². The van der Waals surface area contributed by atoms with Crippen LogP contribution in [0.4, 0.5) is 5.82 Å². The largest absolute Gasteiger partial charge is 0.383 e. The predicted molar refractivity (Wildman–Crippen MR) is 77.7 cm³/mol. The van der Waals surface area contributed by atoms with Gasteiger partial charge in [-0.1, -0.05) is 25.7 Å². The van der Waals surface area contributed by atoms with Gasteiger partial charge >= 0.3 is 0 Å². The van der Waals surface area contributed by atoms with E-state index in [1.807, 2.05) is 22.7 Å². The van der Waals surface area contributed by atoms with Crippen LogP contribution in [-0.2, 0) is 0 Å². The molecule has 1 saturated carbocycles. The molecule has 0 amide bonds. The molecule has 3 rings (SSSR count). The summed E-state index contributed by atoms with van der Waals surface area (Å²) in [7, 11) is 0. The highest BCUT2D eigenvalue weighted by molar-refractivity contribution is 9.10. The molecule has 96 valence electrons. The van der Waals surface area contributed by atoms with Crippen LogP contribution in [0, 0.1) is 0 Å². The Kier molecular flexibility index (Phi) is 3.29. The molecule has 2 N–H and O–H groups in total. The van der Waals surface area contributed by atoms with E-state index in [9.17, 15) is 0 Å². The fraction of sp³-hybridized carbons (Fsp3) is 0.500. The first kappa shape index (κ1) is 12.0. The molecular formula is C14H18BrN3. The average Bonchev–Trinajstić information content (AvgIpc) is 2.59. The minimum atomic E-state index is 0.547. The van der Waals surface area contributed by atoms with Crippen molar-refractivity contribution in [2.45, 2.75) is 44.4 Å². The van der Waals surface area contributed by atoms with Gasteiger partial charge in [-0.15, -0.1) is 0 Å². The Morgan fingerprint density at radius 1 is 1.17 bits per heavy atom. The number of halogens is 1. The van der Waals surface area contributed by atoms with Gasteiger partial charge in [0.05, 0.1) is 5.69 Å². The topological polar surface area (TPSA) is 43.3 Å². The summed E-state index contributed by atoms with van der Waals surface area (Å²) in [5.41, 5.74) is 8.33. The lowest BCUT2D eigenvalue weighted by molar-refractivity contribution is 0.582. The zero-order valence-electron chi connectivity index (χ0n) is 10.4. The van der Waals surface area contributed by atoms with E-state index in [4.69, 9.17) is 10.7 Å². The van der Waals surface area contributed by atoms with Gasteiger partial charge in [0, 0.05) is 16.6 Å². The summed E-state index contributed by atoms with van der Waals surface area (Å²) in [6.45, 7) is 0. The number of aromatic nitrogens is 2. The van der Waals surface area contributed by atoms with E-state index >= 15 is 0 Å². The normalized spacial score (nSPS) is 18.1. The molecule has 0 aromatic carbocycles. The Balaban J connectivity index is 2.03. The summed E-state index contributed by atoms with van der Waals surface area (Å²) in [5.74, 6) is 1.37. The maximum atomic E-state index is 6.27. The number of nitrogens with two attached hydrogens (primary N) is 1. The van der Waals surface area contributed by atoms with Gasteiger partial charge in [0.15, 0.2) is 0 Å². The van der Waals surface area contributed by atoms with Crippen molar-refractivity contribution in [2.24, 2.45) is 0 Å². The van der Waals surface area contributed by atoms with Crippen molar-refractivity contribution < 1.29 is 0 Å². The predicted octanol–water partition coefficient (Wildman–Crippen LogP) is 4.12. The Labute approximate surface area is 116 Å². The molecule has 0 saturated heterocycles. The first-order valence-corrected chi connectivity index (χ1v) is 7.48. The molecule has 0 bridgehead atoms. The van der Waals surface area contributed by atoms with E-state index in [0.717, 1.165) is 21.6 Å². The molecule has 2 aromatic heterocycles. The lowest BCUT2D eigenvalue weighted by Gasteiger charge is -2.11. The molecule has 0 unspecified atom stereocenters. The van der Waals surface area contributed by atoms with Crippen LogP contribution in [0.1, 0.15) is 50.1 Å². The molecule has 2 aromatic rings. The molecule has 1 aliphatic rings. The summed E-state index contributed by atoms with van der Waals surface area (Å²) >= 11 is 3.48. The maximum Gasteiger partial charge on any atom is 0.138 e. The molecule has 1 fully saturated rings. The van der Waals surface area contributed by atoms with Gasteiger partial charge in [-0.25, -0.2) is 4.98 Å². The zero-order chi connectivity index (χ0) is 12.5. The van der Waals surface area contributed by atoms with Crippen molar-refractivity contribution in [3.8, 4) is 0 Å². The van der Waals surface area contributed by atoms with E-state index in [1.165, 1.54) is 38.5 Å². The maximum absolute atomic E-state index is 6.27. The molecule has 0 atom stereocenters.